The summed E-state index contributed by atoms with van der Waals surface area (Å²) < 4.78 is 6.67. The van der Waals surface area contributed by atoms with Crippen molar-refractivity contribution in [2.24, 2.45) is 0 Å². The minimum Gasteiger partial charge on any atom is -0.494 e. The highest BCUT2D eigenvalue weighted by Crippen LogP contribution is 2.36. The highest BCUT2D eigenvalue weighted by molar-refractivity contribution is 6.38. The van der Waals surface area contributed by atoms with Crippen LogP contribution in [0.15, 0.2) is 16.9 Å². The third-order valence-electron chi connectivity index (χ3n) is 4.74. The number of aromatic nitrogens is 1. The largest absolute Gasteiger partial charge is 0.494 e. The van der Waals surface area contributed by atoms with Gasteiger partial charge in [0.15, 0.2) is 11.5 Å². The van der Waals surface area contributed by atoms with E-state index in [4.69, 9.17) is 27.9 Å². The number of unbranched alkanes of at least 4 members (excludes halogenated alkanes) is 2. The Morgan fingerprint density at radius 2 is 1.87 bits per heavy atom. The van der Waals surface area contributed by atoms with E-state index >= 15 is 0 Å². The minimum atomic E-state index is -0.647. The van der Waals surface area contributed by atoms with Crippen LogP contribution in [-0.4, -0.2) is 22.1 Å². The molecule has 0 aliphatic heterocycles. The fourth-order valence-electron chi connectivity index (χ4n) is 3.17. The van der Waals surface area contributed by atoms with Gasteiger partial charge in [0, 0.05) is 11.6 Å². The van der Waals surface area contributed by atoms with Gasteiger partial charge in [0.05, 0.1) is 22.2 Å². The average molecular weight is 451 g/mol. The molecule has 1 N–H and O–H groups in total. The molecule has 6 nitrogen and oxygen atoms in total. The molecule has 2 rings (SSSR count). The van der Waals surface area contributed by atoms with Gasteiger partial charge in [-0.2, -0.15) is 5.26 Å². The summed E-state index contributed by atoms with van der Waals surface area (Å²) in [6, 6.07) is 4.18. The Kier molecular flexibility index (Phi) is 7.94. The quantitative estimate of drug-likeness (QED) is 0.427. The van der Waals surface area contributed by atoms with Crippen LogP contribution in [0.25, 0.3) is 0 Å². The molecule has 1 aromatic heterocycles. The lowest BCUT2D eigenvalue weighted by atomic mass is 9.97. The average Bonchev–Trinajstić information content (AvgIpc) is 2.66. The van der Waals surface area contributed by atoms with Crippen LogP contribution in [0.1, 0.15) is 73.1 Å². The summed E-state index contributed by atoms with van der Waals surface area (Å²) in [6.07, 6.45) is 2.91. The Hall–Kier alpha value is -2.49. The molecular weight excluding hydrogens is 427 g/mol. The summed E-state index contributed by atoms with van der Waals surface area (Å²) in [7, 11) is 0. The van der Waals surface area contributed by atoms with Gasteiger partial charge in [0.25, 0.3) is 5.56 Å². The molecule has 0 aliphatic carbocycles. The first-order valence-corrected chi connectivity index (χ1v) is 10.5. The number of pyridine rings is 1. The van der Waals surface area contributed by atoms with Crippen LogP contribution < -0.4 is 10.3 Å². The maximum atomic E-state index is 13.2. The second-order valence-electron chi connectivity index (χ2n) is 7.23. The van der Waals surface area contributed by atoms with Gasteiger partial charge in [-0.3, -0.25) is 14.2 Å². The number of carbonyl (C=O) groups is 1. The molecule has 0 unspecified atom stereocenters. The lowest BCUT2D eigenvalue weighted by molar-refractivity contribution is 0.103. The molecule has 0 aliphatic rings. The van der Waals surface area contributed by atoms with E-state index in [0.717, 1.165) is 23.8 Å². The van der Waals surface area contributed by atoms with Gasteiger partial charge < -0.3 is 9.84 Å². The van der Waals surface area contributed by atoms with E-state index in [-0.39, 0.29) is 38.0 Å². The van der Waals surface area contributed by atoms with Crippen molar-refractivity contribution in [3.8, 4) is 17.7 Å². The number of ether oxygens (including phenoxy) is 1. The molecule has 0 bridgehead atoms. The van der Waals surface area contributed by atoms with E-state index in [0.29, 0.717) is 6.61 Å². The van der Waals surface area contributed by atoms with Gasteiger partial charge in [-0.25, -0.2) is 0 Å². The second-order valence-corrected chi connectivity index (χ2v) is 8.05. The Morgan fingerprint density at radius 3 is 2.37 bits per heavy atom. The highest BCUT2D eigenvalue weighted by Gasteiger charge is 2.27. The van der Waals surface area contributed by atoms with Gasteiger partial charge in [-0.15, -0.1) is 0 Å². The topological polar surface area (TPSA) is 92.3 Å². The van der Waals surface area contributed by atoms with E-state index in [1.54, 1.807) is 13.8 Å². The molecule has 1 heterocycles. The maximum Gasteiger partial charge on any atom is 0.271 e. The maximum absolute atomic E-state index is 13.2. The van der Waals surface area contributed by atoms with Gasteiger partial charge >= 0.3 is 0 Å². The van der Waals surface area contributed by atoms with Gasteiger partial charge in [-0.1, -0.05) is 43.0 Å². The van der Waals surface area contributed by atoms with Gasteiger partial charge in [-0.05, 0) is 44.9 Å². The summed E-state index contributed by atoms with van der Waals surface area (Å²) in [5.74, 6) is -0.808. The van der Waals surface area contributed by atoms with Crippen molar-refractivity contribution < 1.29 is 14.6 Å². The first-order chi connectivity index (χ1) is 14.1. The van der Waals surface area contributed by atoms with Crippen LogP contribution in [0.4, 0.5) is 0 Å². The Bertz CT molecular complexity index is 1050. The van der Waals surface area contributed by atoms with Crippen molar-refractivity contribution in [2.45, 2.75) is 53.0 Å². The number of nitrogens with zero attached hydrogens (tertiary/aromatic N) is 2. The first-order valence-electron chi connectivity index (χ1n) is 9.70. The third kappa shape index (κ3) is 4.63. The zero-order chi connectivity index (χ0) is 22.6. The zero-order valence-corrected chi connectivity index (χ0v) is 18.9. The molecule has 160 valence electrons. The lowest BCUT2D eigenvalue weighted by Gasteiger charge is -2.18. The summed E-state index contributed by atoms with van der Waals surface area (Å²) in [6.45, 7) is 7.32. The van der Waals surface area contributed by atoms with E-state index in [1.807, 2.05) is 6.07 Å². The molecule has 2 aromatic rings. The Balaban J connectivity index is 2.55. The van der Waals surface area contributed by atoms with Crippen molar-refractivity contribution >= 4 is 29.0 Å². The number of halogens is 2. The monoisotopic (exact) mass is 450 g/mol. The number of hydrogen-bond acceptors (Lipinski definition) is 5. The number of hydrogen-bond donors (Lipinski definition) is 1. The number of benzene rings is 1. The number of ketones is 1. The van der Waals surface area contributed by atoms with E-state index in [9.17, 15) is 20.0 Å². The number of nitriles is 1. The lowest BCUT2D eigenvalue weighted by Crippen LogP contribution is -2.28. The molecule has 1 aromatic carbocycles. The summed E-state index contributed by atoms with van der Waals surface area (Å²) in [5, 5.41) is 20.4. The van der Waals surface area contributed by atoms with E-state index in [1.165, 1.54) is 19.1 Å². The Labute approximate surface area is 185 Å². The molecule has 0 amide bonds. The molecule has 8 heteroatoms. The normalized spacial score (nSPS) is 10.9. The predicted octanol–water partition coefficient (Wildman–Crippen LogP) is 5.42. The summed E-state index contributed by atoms with van der Waals surface area (Å²) >= 11 is 12.6. The third-order valence-corrected chi connectivity index (χ3v) is 5.31. The summed E-state index contributed by atoms with van der Waals surface area (Å²) in [4.78, 5) is 25.7. The minimum absolute atomic E-state index is 0.106. The molecule has 0 fully saturated rings. The molecule has 0 atom stereocenters. The van der Waals surface area contributed by atoms with Crippen LogP contribution in [-0.2, 0) is 0 Å². The van der Waals surface area contributed by atoms with Crippen LogP contribution in [0.3, 0.4) is 0 Å². The van der Waals surface area contributed by atoms with Crippen molar-refractivity contribution in [3.05, 3.63) is 54.8 Å². The van der Waals surface area contributed by atoms with E-state index in [2.05, 4.69) is 6.92 Å². The van der Waals surface area contributed by atoms with Crippen LogP contribution in [0.2, 0.25) is 10.0 Å². The highest BCUT2D eigenvalue weighted by atomic mass is 35.5. The number of aromatic hydroxyl groups is 1. The van der Waals surface area contributed by atoms with Crippen LogP contribution in [0, 0.1) is 18.3 Å². The summed E-state index contributed by atoms with van der Waals surface area (Å²) in [5.41, 5.74) is -0.761. The molecule has 0 saturated carbocycles. The molecule has 0 radical (unpaired) electrons. The van der Waals surface area contributed by atoms with Crippen molar-refractivity contribution in [1.82, 2.24) is 4.57 Å². The van der Waals surface area contributed by atoms with Gasteiger partial charge in [0.2, 0.25) is 5.88 Å². The molecule has 0 spiro atoms. The van der Waals surface area contributed by atoms with Crippen molar-refractivity contribution in [2.75, 3.05) is 6.61 Å². The molecular formula is C22H24Cl2N2O4. The first kappa shape index (κ1) is 23.8. The fourth-order valence-corrected chi connectivity index (χ4v) is 3.77. The van der Waals surface area contributed by atoms with Gasteiger partial charge in [0.1, 0.15) is 11.6 Å². The molecule has 30 heavy (non-hydrogen) atoms. The zero-order valence-electron chi connectivity index (χ0n) is 17.4. The molecule has 0 saturated heterocycles. The van der Waals surface area contributed by atoms with Crippen molar-refractivity contribution in [1.29, 1.82) is 5.26 Å². The SMILES string of the molecule is CCCCCOc1c(Cl)cc(C(=O)c2c(C)c(C#N)c(=O)n(C(C)C)c2O)cc1Cl. The fraction of sp³-hybridized carbons (Fsp3) is 0.409. The second kappa shape index (κ2) is 10.0. The number of carbonyl (C=O) groups excluding carboxylic acids is 1. The standard InChI is InChI=1S/C22H24Cl2N2O4/c1-5-6-7-8-30-20-16(23)9-14(10-17(20)24)19(27)18-13(4)15(11-25)21(28)26(12(2)3)22(18)29/h9-10,12,29H,5-8H2,1-4H3. The Morgan fingerprint density at radius 1 is 1.27 bits per heavy atom. The van der Waals surface area contributed by atoms with Crippen LogP contribution in [0.5, 0.6) is 11.6 Å². The smallest absolute Gasteiger partial charge is 0.271 e. The van der Waals surface area contributed by atoms with Crippen LogP contribution >= 0.6 is 23.2 Å². The van der Waals surface area contributed by atoms with Crippen molar-refractivity contribution in [3.63, 3.8) is 0 Å². The predicted molar refractivity (Wildman–Crippen MR) is 117 cm³/mol. The van der Waals surface area contributed by atoms with E-state index < -0.39 is 23.3 Å². The number of rotatable bonds is 8.